The van der Waals surface area contributed by atoms with Crippen LogP contribution in [0.1, 0.15) is 57.4 Å². The van der Waals surface area contributed by atoms with Crippen molar-refractivity contribution in [1.82, 2.24) is 0 Å². The SMILES string of the molecule is CCCCCCCCC(CO)Cc1cccc(F)c1. The first-order valence-corrected chi connectivity index (χ1v) is 7.61. The van der Waals surface area contributed by atoms with Crippen LogP contribution in [-0.4, -0.2) is 11.7 Å². The Hall–Kier alpha value is -0.890. The van der Waals surface area contributed by atoms with E-state index < -0.39 is 0 Å². The highest BCUT2D eigenvalue weighted by molar-refractivity contribution is 5.16. The molecule has 1 rings (SSSR count). The van der Waals surface area contributed by atoms with E-state index in [4.69, 9.17) is 0 Å². The van der Waals surface area contributed by atoms with Gasteiger partial charge in [0.2, 0.25) is 0 Å². The summed E-state index contributed by atoms with van der Waals surface area (Å²) in [6.07, 6.45) is 9.47. The van der Waals surface area contributed by atoms with Gasteiger partial charge in [0.05, 0.1) is 0 Å². The van der Waals surface area contributed by atoms with E-state index in [9.17, 15) is 9.50 Å². The largest absolute Gasteiger partial charge is 0.396 e. The van der Waals surface area contributed by atoms with Gasteiger partial charge in [0.1, 0.15) is 5.82 Å². The van der Waals surface area contributed by atoms with Gasteiger partial charge in [-0.25, -0.2) is 4.39 Å². The van der Waals surface area contributed by atoms with E-state index in [-0.39, 0.29) is 18.3 Å². The number of halogens is 1. The summed E-state index contributed by atoms with van der Waals surface area (Å²) in [5, 5.41) is 9.40. The molecule has 0 saturated heterocycles. The average Bonchev–Trinajstić information content (AvgIpc) is 2.41. The Morgan fingerprint density at radius 2 is 1.84 bits per heavy atom. The summed E-state index contributed by atoms with van der Waals surface area (Å²) >= 11 is 0. The molecule has 0 aliphatic heterocycles. The first kappa shape index (κ1) is 16.2. The molecule has 19 heavy (non-hydrogen) atoms. The first-order chi connectivity index (χ1) is 9.26. The van der Waals surface area contributed by atoms with Gasteiger partial charge in [0.25, 0.3) is 0 Å². The lowest BCUT2D eigenvalue weighted by atomic mass is 9.94. The Kier molecular flexibility index (Phi) is 8.48. The molecule has 1 aromatic carbocycles. The second-order valence-electron chi connectivity index (χ2n) is 5.44. The minimum absolute atomic E-state index is 0.186. The van der Waals surface area contributed by atoms with Gasteiger partial charge in [-0.2, -0.15) is 0 Å². The van der Waals surface area contributed by atoms with Crippen LogP contribution in [0.15, 0.2) is 24.3 Å². The predicted molar refractivity (Wildman–Crippen MR) is 78.7 cm³/mol. The number of unbranched alkanes of at least 4 members (excludes halogenated alkanes) is 5. The molecule has 0 aromatic heterocycles. The Morgan fingerprint density at radius 1 is 1.11 bits per heavy atom. The number of hydrogen-bond acceptors (Lipinski definition) is 1. The quantitative estimate of drug-likeness (QED) is 0.607. The van der Waals surface area contributed by atoms with Crippen molar-refractivity contribution in [2.24, 2.45) is 5.92 Å². The van der Waals surface area contributed by atoms with Crippen LogP contribution in [0.25, 0.3) is 0 Å². The highest BCUT2D eigenvalue weighted by atomic mass is 19.1. The van der Waals surface area contributed by atoms with E-state index in [0.29, 0.717) is 0 Å². The molecule has 1 aromatic rings. The lowest BCUT2D eigenvalue weighted by Gasteiger charge is -2.14. The maximum atomic E-state index is 13.1. The topological polar surface area (TPSA) is 20.2 Å². The van der Waals surface area contributed by atoms with Gasteiger partial charge in [0.15, 0.2) is 0 Å². The fraction of sp³-hybridized carbons (Fsp3) is 0.647. The van der Waals surface area contributed by atoms with Crippen LogP contribution in [0.2, 0.25) is 0 Å². The van der Waals surface area contributed by atoms with Gasteiger partial charge in [-0.05, 0) is 36.5 Å². The van der Waals surface area contributed by atoms with E-state index in [2.05, 4.69) is 6.92 Å². The van der Waals surface area contributed by atoms with Gasteiger partial charge < -0.3 is 5.11 Å². The summed E-state index contributed by atoms with van der Waals surface area (Å²) in [5.74, 6) is 0.0849. The summed E-state index contributed by atoms with van der Waals surface area (Å²) in [4.78, 5) is 0. The van der Waals surface area contributed by atoms with Crippen molar-refractivity contribution in [2.45, 2.75) is 58.3 Å². The maximum Gasteiger partial charge on any atom is 0.123 e. The molecule has 2 heteroatoms. The molecule has 0 heterocycles. The summed E-state index contributed by atoms with van der Waals surface area (Å²) in [6.45, 7) is 2.42. The van der Waals surface area contributed by atoms with Crippen LogP contribution >= 0.6 is 0 Å². The van der Waals surface area contributed by atoms with E-state index in [1.54, 1.807) is 12.1 Å². The van der Waals surface area contributed by atoms with Gasteiger partial charge in [-0.1, -0.05) is 57.6 Å². The molecule has 0 bridgehead atoms. The standard InChI is InChI=1S/C17H27FO/c1-2-3-4-5-6-7-9-16(14-19)12-15-10-8-11-17(18)13-15/h8,10-11,13,16,19H,2-7,9,12,14H2,1H3. The highest BCUT2D eigenvalue weighted by Crippen LogP contribution is 2.17. The van der Waals surface area contributed by atoms with Crippen molar-refractivity contribution < 1.29 is 9.50 Å². The number of aliphatic hydroxyl groups excluding tert-OH is 1. The van der Waals surface area contributed by atoms with Crippen LogP contribution in [0, 0.1) is 11.7 Å². The third-order valence-electron chi connectivity index (χ3n) is 3.64. The molecule has 1 nitrogen and oxygen atoms in total. The fourth-order valence-corrected chi connectivity index (χ4v) is 2.47. The molecule has 0 aliphatic rings. The van der Waals surface area contributed by atoms with E-state index in [1.165, 1.54) is 44.6 Å². The molecule has 0 amide bonds. The van der Waals surface area contributed by atoms with Gasteiger partial charge in [-0.3, -0.25) is 0 Å². The lowest BCUT2D eigenvalue weighted by Crippen LogP contribution is -2.09. The van der Waals surface area contributed by atoms with Gasteiger partial charge in [-0.15, -0.1) is 0 Å². The minimum Gasteiger partial charge on any atom is -0.396 e. The van der Waals surface area contributed by atoms with Crippen molar-refractivity contribution in [1.29, 1.82) is 0 Å². The average molecular weight is 266 g/mol. The molecule has 1 N–H and O–H groups in total. The molecule has 0 spiro atoms. The smallest absolute Gasteiger partial charge is 0.123 e. The van der Waals surface area contributed by atoms with Crippen molar-refractivity contribution in [2.75, 3.05) is 6.61 Å². The van der Waals surface area contributed by atoms with Gasteiger partial charge >= 0.3 is 0 Å². The molecule has 0 saturated carbocycles. The molecule has 0 fully saturated rings. The monoisotopic (exact) mass is 266 g/mol. The lowest BCUT2D eigenvalue weighted by molar-refractivity contribution is 0.214. The normalized spacial score (nSPS) is 12.6. The second kappa shape index (κ2) is 9.96. The summed E-state index contributed by atoms with van der Waals surface area (Å²) in [5.41, 5.74) is 0.991. The van der Waals surface area contributed by atoms with Crippen molar-refractivity contribution >= 4 is 0 Å². The van der Waals surface area contributed by atoms with Crippen LogP contribution in [0.5, 0.6) is 0 Å². The zero-order chi connectivity index (χ0) is 13.9. The third-order valence-corrected chi connectivity index (χ3v) is 3.64. The number of hydrogen-bond donors (Lipinski definition) is 1. The molecule has 0 aliphatic carbocycles. The van der Waals surface area contributed by atoms with Crippen LogP contribution in [0.4, 0.5) is 4.39 Å². The Morgan fingerprint density at radius 3 is 2.53 bits per heavy atom. The van der Waals surface area contributed by atoms with Crippen molar-refractivity contribution in [3.63, 3.8) is 0 Å². The molecule has 108 valence electrons. The molecule has 1 unspecified atom stereocenters. The Balaban J connectivity index is 2.22. The molecule has 1 atom stereocenters. The van der Waals surface area contributed by atoms with E-state index in [1.807, 2.05) is 6.07 Å². The summed E-state index contributed by atoms with van der Waals surface area (Å²) in [6, 6.07) is 6.71. The number of benzene rings is 1. The van der Waals surface area contributed by atoms with Crippen molar-refractivity contribution in [3.05, 3.63) is 35.6 Å². The predicted octanol–water partition coefficient (Wildman–Crippen LogP) is 4.73. The molecular weight excluding hydrogens is 239 g/mol. The first-order valence-electron chi connectivity index (χ1n) is 7.61. The van der Waals surface area contributed by atoms with Crippen molar-refractivity contribution in [3.8, 4) is 0 Å². The third kappa shape index (κ3) is 7.31. The molecule has 0 radical (unpaired) electrons. The van der Waals surface area contributed by atoms with Crippen LogP contribution < -0.4 is 0 Å². The maximum absolute atomic E-state index is 13.1. The highest BCUT2D eigenvalue weighted by Gasteiger charge is 2.08. The Bertz CT molecular complexity index is 338. The van der Waals surface area contributed by atoms with E-state index in [0.717, 1.165) is 18.4 Å². The zero-order valence-corrected chi connectivity index (χ0v) is 12.1. The zero-order valence-electron chi connectivity index (χ0n) is 12.1. The van der Waals surface area contributed by atoms with E-state index >= 15 is 0 Å². The Labute approximate surface area is 116 Å². The summed E-state index contributed by atoms with van der Waals surface area (Å²) < 4.78 is 13.1. The number of rotatable bonds is 10. The van der Waals surface area contributed by atoms with Crippen LogP contribution in [-0.2, 0) is 6.42 Å². The summed E-state index contributed by atoms with van der Waals surface area (Å²) in [7, 11) is 0. The van der Waals surface area contributed by atoms with Crippen LogP contribution in [0.3, 0.4) is 0 Å². The second-order valence-corrected chi connectivity index (χ2v) is 5.44. The fourth-order valence-electron chi connectivity index (χ4n) is 2.47. The number of aliphatic hydroxyl groups is 1. The van der Waals surface area contributed by atoms with Gasteiger partial charge in [0, 0.05) is 6.61 Å². The minimum atomic E-state index is -0.186. The molecular formula is C17H27FO.